The maximum atomic E-state index is 10.5. The van der Waals surface area contributed by atoms with Gasteiger partial charge in [-0.1, -0.05) is 12.7 Å². The zero-order chi connectivity index (χ0) is 9.26. The molecule has 0 aromatic carbocycles. The van der Waals surface area contributed by atoms with Gasteiger partial charge in [0.05, 0.1) is 15.1 Å². The van der Waals surface area contributed by atoms with Crippen LogP contribution in [0.1, 0.15) is 15.2 Å². The smallest absolute Gasteiger partial charge is 0.160 e. The number of hydrogen-bond acceptors (Lipinski definition) is 3. The summed E-state index contributed by atoms with van der Waals surface area (Å²) in [5.41, 5.74) is 1.90. The summed E-state index contributed by atoms with van der Waals surface area (Å²) in [4.78, 5) is 15.4. The molecule has 2 heterocycles. The number of thiophene rings is 1. The fraction of sp³-hybridized carbons (Fsp3) is 0. The van der Waals surface area contributed by atoms with Gasteiger partial charge < -0.3 is 0 Å². The Kier molecular flexibility index (Phi) is 1.94. The van der Waals surface area contributed by atoms with Crippen molar-refractivity contribution in [2.24, 2.45) is 0 Å². The second-order valence-electron chi connectivity index (χ2n) is 2.59. The number of pyridine rings is 1. The van der Waals surface area contributed by atoms with Crippen molar-refractivity contribution in [3.63, 3.8) is 0 Å². The lowest BCUT2D eigenvalue weighted by atomic mass is 10.2. The minimum absolute atomic E-state index is 0.705. The number of aldehydes is 1. The topological polar surface area (TPSA) is 30.0 Å². The van der Waals surface area contributed by atoms with Gasteiger partial charge in [-0.15, -0.1) is 11.3 Å². The molecule has 0 saturated heterocycles. The molecule has 0 aliphatic rings. The third kappa shape index (κ3) is 1.27. The number of hydrogen-bond donors (Lipinski definition) is 0. The van der Waals surface area contributed by atoms with Crippen LogP contribution in [0.25, 0.3) is 16.3 Å². The number of nitrogens with zero attached hydrogens (tertiary/aromatic N) is 1. The summed E-state index contributed by atoms with van der Waals surface area (Å²) < 4.78 is 1.03. The Morgan fingerprint density at radius 3 is 3.08 bits per heavy atom. The Morgan fingerprint density at radius 1 is 1.54 bits per heavy atom. The zero-order valence-electron chi connectivity index (χ0n) is 6.86. The van der Waals surface area contributed by atoms with E-state index in [9.17, 15) is 4.79 Å². The van der Waals surface area contributed by atoms with Crippen molar-refractivity contribution in [1.82, 2.24) is 4.98 Å². The molecular weight excluding hydrogens is 182 g/mol. The normalized spacial score (nSPS) is 10.2. The number of rotatable bonds is 2. The molecule has 64 valence electrons. The average Bonchev–Trinajstić information content (AvgIpc) is 2.59. The van der Waals surface area contributed by atoms with Crippen LogP contribution < -0.4 is 0 Å². The second kappa shape index (κ2) is 3.11. The van der Waals surface area contributed by atoms with Gasteiger partial charge >= 0.3 is 0 Å². The van der Waals surface area contributed by atoms with Crippen LogP contribution in [0.4, 0.5) is 0 Å². The van der Waals surface area contributed by atoms with Crippen LogP contribution in [-0.4, -0.2) is 11.3 Å². The lowest BCUT2D eigenvalue weighted by Crippen LogP contribution is -1.74. The first-order valence-corrected chi connectivity index (χ1v) is 4.63. The van der Waals surface area contributed by atoms with E-state index in [4.69, 9.17) is 0 Å². The largest absolute Gasteiger partial charge is 0.297 e. The van der Waals surface area contributed by atoms with Gasteiger partial charge in [-0.25, -0.2) is 0 Å². The number of carbonyl (C=O) groups excluding carboxylic acids is 1. The summed E-state index contributed by atoms with van der Waals surface area (Å²) in [7, 11) is 0. The average molecular weight is 189 g/mol. The minimum Gasteiger partial charge on any atom is -0.297 e. The molecule has 0 spiro atoms. The van der Waals surface area contributed by atoms with Crippen LogP contribution in [0.3, 0.4) is 0 Å². The highest BCUT2D eigenvalue weighted by Crippen LogP contribution is 2.26. The molecule has 0 aliphatic heterocycles. The SMILES string of the molecule is C=Cc1ccnc2cc(C=O)sc12. The van der Waals surface area contributed by atoms with Gasteiger partial charge in [0.1, 0.15) is 0 Å². The van der Waals surface area contributed by atoms with Crippen molar-refractivity contribution in [1.29, 1.82) is 0 Å². The predicted molar refractivity (Wildman–Crippen MR) is 55.1 cm³/mol. The highest BCUT2D eigenvalue weighted by molar-refractivity contribution is 7.20. The summed E-state index contributed by atoms with van der Waals surface area (Å²) in [5, 5.41) is 0. The molecule has 13 heavy (non-hydrogen) atoms. The fourth-order valence-electron chi connectivity index (χ4n) is 1.19. The number of carbonyl (C=O) groups is 1. The van der Waals surface area contributed by atoms with Crippen LogP contribution in [0.2, 0.25) is 0 Å². The van der Waals surface area contributed by atoms with Crippen LogP contribution in [0, 0.1) is 0 Å². The Balaban J connectivity index is 2.81. The first kappa shape index (κ1) is 8.13. The molecule has 0 amide bonds. The van der Waals surface area contributed by atoms with E-state index in [1.54, 1.807) is 18.3 Å². The number of aromatic nitrogens is 1. The molecule has 0 fully saturated rings. The Morgan fingerprint density at radius 2 is 2.38 bits per heavy atom. The molecule has 0 aliphatic carbocycles. The highest BCUT2D eigenvalue weighted by Gasteiger charge is 2.03. The minimum atomic E-state index is 0.705. The van der Waals surface area contributed by atoms with E-state index < -0.39 is 0 Å². The predicted octanol–water partition coefficient (Wildman–Crippen LogP) is 2.75. The summed E-state index contributed by atoms with van der Waals surface area (Å²) in [6, 6.07) is 3.68. The Labute approximate surface area is 79.5 Å². The van der Waals surface area contributed by atoms with Gasteiger partial charge in [0.2, 0.25) is 0 Å². The highest BCUT2D eigenvalue weighted by atomic mass is 32.1. The Hall–Kier alpha value is -1.48. The summed E-state index contributed by atoms with van der Waals surface area (Å²) in [6.07, 6.45) is 4.34. The van der Waals surface area contributed by atoms with E-state index in [2.05, 4.69) is 11.6 Å². The van der Waals surface area contributed by atoms with Crippen molar-refractivity contribution >= 4 is 33.9 Å². The molecule has 2 rings (SSSR count). The van der Waals surface area contributed by atoms with E-state index in [1.807, 2.05) is 6.07 Å². The zero-order valence-corrected chi connectivity index (χ0v) is 7.67. The van der Waals surface area contributed by atoms with E-state index >= 15 is 0 Å². The van der Waals surface area contributed by atoms with Gasteiger partial charge in [-0.2, -0.15) is 0 Å². The second-order valence-corrected chi connectivity index (χ2v) is 3.67. The van der Waals surface area contributed by atoms with Gasteiger partial charge in [0.15, 0.2) is 6.29 Å². The van der Waals surface area contributed by atoms with Crippen LogP contribution in [0.15, 0.2) is 24.9 Å². The summed E-state index contributed by atoms with van der Waals surface area (Å²) >= 11 is 1.45. The van der Waals surface area contributed by atoms with Crippen molar-refractivity contribution in [2.45, 2.75) is 0 Å². The van der Waals surface area contributed by atoms with Crippen molar-refractivity contribution in [3.05, 3.63) is 35.3 Å². The maximum Gasteiger partial charge on any atom is 0.160 e. The number of fused-ring (bicyclic) bond motifs is 1. The quantitative estimate of drug-likeness (QED) is 0.680. The standard InChI is InChI=1S/C10H7NOS/c1-2-7-3-4-11-9-5-8(6-12)13-10(7)9/h2-6H,1H2. The lowest BCUT2D eigenvalue weighted by Gasteiger charge is -1.92. The summed E-state index contributed by atoms with van der Waals surface area (Å²) in [5.74, 6) is 0. The Bertz CT molecular complexity index is 473. The van der Waals surface area contributed by atoms with Gasteiger partial charge in [-0.3, -0.25) is 9.78 Å². The van der Waals surface area contributed by atoms with Gasteiger partial charge in [-0.05, 0) is 17.7 Å². The van der Waals surface area contributed by atoms with E-state index in [-0.39, 0.29) is 0 Å². The maximum absolute atomic E-state index is 10.5. The van der Waals surface area contributed by atoms with E-state index in [0.717, 1.165) is 22.1 Å². The molecule has 3 heteroatoms. The van der Waals surface area contributed by atoms with Crippen LogP contribution >= 0.6 is 11.3 Å². The molecule has 0 bridgehead atoms. The molecule has 0 N–H and O–H groups in total. The van der Waals surface area contributed by atoms with Crippen LogP contribution in [0.5, 0.6) is 0 Å². The first-order valence-electron chi connectivity index (χ1n) is 3.81. The summed E-state index contributed by atoms with van der Waals surface area (Å²) in [6.45, 7) is 3.71. The van der Waals surface area contributed by atoms with Crippen molar-refractivity contribution < 1.29 is 4.79 Å². The molecule has 0 atom stereocenters. The third-order valence-electron chi connectivity index (χ3n) is 1.80. The van der Waals surface area contributed by atoms with Gasteiger partial charge in [0, 0.05) is 6.20 Å². The van der Waals surface area contributed by atoms with E-state index in [1.165, 1.54) is 11.3 Å². The van der Waals surface area contributed by atoms with Crippen molar-refractivity contribution in [3.8, 4) is 0 Å². The van der Waals surface area contributed by atoms with Crippen LogP contribution in [-0.2, 0) is 0 Å². The third-order valence-corrected chi connectivity index (χ3v) is 2.90. The molecule has 2 nitrogen and oxygen atoms in total. The first-order chi connectivity index (χ1) is 6.35. The molecule has 2 aromatic heterocycles. The molecule has 0 unspecified atom stereocenters. The van der Waals surface area contributed by atoms with Gasteiger partial charge in [0.25, 0.3) is 0 Å². The molecule has 2 aromatic rings. The van der Waals surface area contributed by atoms with Crippen molar-refractivity contribution in [2.75, 3.05) is 0 Å². The lowest BCUT2D eigenvalue weighted by molar-refractivity contribution is 0.112. The molecule has 0 saturated carbocycles. The van der Waals surface area contributed by atoms with E-state index in [0.29, 0.717) is 4.88 Å². The monoisotopic (exact) mass is 189 g/mol. The molecular formula is C10H7NOS. The fourth-order valence-corrected chi connectivity index (χ4v) is 2.13. The molecule has 0 radical (unpaired) electrons.